The first-order valence-corrected chi connectivity index (χ1v) is 6.83. The second kappa shape index (κ2) is 7.12. The van der Waals surface area contributed by atoms with E-state index in [4.69, 9.17) is 0 Å². The minimum absolute atomic E-state index is 0.434. The van der Waals surface area contributed by atoms with Crippen LogP contribution in [0.5, 0.6) is 0 Å². The van der Waals surface area contributed by atoms with E-state index in [-0.39, 0.29) is 0 Å². The number of para-hydroxylation sites is 1. The Labute approximate surface area is 107 Å². The van der Waals surface area contributed by atoms with Crippen molar-refractivity contribution in [1.29, 1.82) is 0 Å². The maximum absolute atomic E-state index is 4.53. The summed E-state index contributed by atoms with van der Waals surface area (Å²) in [4.78, 5) is 4.53. The first-order chi connectivity index (χ1) is 8.13. The Hall–Kier alpha value is -1.29. The topological polar surface area (TPSA) is 36.8 Å². The van der Waals surface area contributed by atoms with Crippen LogP contribution in [-0.2, 0) is 0 Å². The minimum atomic E-state index is 0.434. The fraction of sp³-hybridized carbons (Fsp3) is 0.385. The molecule has 0 aliphatic carbocycles. The first-order valence-electron chi connectivity index (χ1n) is 5.61. The second-order valence-electron chi connectivity index (χ2n) is 4.04. The lowest BCUT2D eigenvalue weighted by atomic mass is 10.2. The predicted octanol–water partition coefficient (Wildman–Crippen LogP) is 3.58. The van der Waals surface area contributed by atoms with E-state index in [0.29, 0.717) is 5.92 Å². The molecule has 92 valence electrons. The Morgan fingerprint density at radius 1 is 1.35 bits per heavy atom. The number of hydrogen-bond donors (Lipinski definition) is 1. The Balaban J connectivity index is 2.77. The van der Waals surface area contributed by atoms with Gasteiger partial charge in [0.05, 0.1) is 5.69 Å². The fourth-order valence-electron chi connectivity index (χ4n) is 1.16. The van der Waals surface area contributed by atoms with Crippen molar-refractivity contribution < 1.29 is 0 Å². The highest BCUT2D eigenvalue weighted by molar-refractivity contribution is 8.13. The molecule has 1 N–H and O–H groups in total. The number of thioether (sulfide) groups is 1. The Kier molecular flexibility index (Phi) is 5.77. The van der Waals surface area contributed by atoms with Crippen molar-refractivity contribution in [2.75, 3.05) is 6.26 Å². The molecule has 0 saturated carbocycles. The van der Waals surface area contributed by atoms with Gasteiger partial charge in [-0.25, -0.2) is 4.99 Å². The maximum Gasteiger partial charge on any atom is 0.182 e. The van der Waals surface area contributed by atoms with Gasteiger partial charge in [-0.05, 0) is 30.7 Å². The standard InChI is InChI=1S/C13H19N3S/c1-10(2)9-14-16-13(17-4)15-12-8-6-5-7-11(12)3/h5-10H,1-4H3,(H,15,16)/b14-9+. The number of amidine groups is 1. The van der Waals surface area contributed by atoms with Crippen molar-refractivity contribution in [2.24, 2.45) is 16.0 Å². The third kappa shape index (κ3) is 5.04. The summed E-state index contributed by atoms with van der Waals surface area (Å²) >= 11 is 1.55. The van der Waals surface area contributed by atoms with Gasteiger partial charge in [0.15, 0.2) is 5.17 Å². The summed E-state index contributed by atoms with van der Waals surface area (Å²) in [6.45, 7) is 6.22. The molecular formula is C13H19N3S. The highest BCUT2D eigenvalue weighted by Crippen LogP contribution is 2.18. The molecule has 1 rings (SSSR count). The zero-order chi connectivity index (χ0) is 12.7. The predicted molar refractivity (Wildman–Crippen MR) is 78.3 cm³/mol. The summed E-state index contributed by atoms with van der Waals surface area (Å²) in [6.07, 6.45) is 3.85. The third-order valence-electron chi connectivity index (χ3n) is 2.06. The van der Waals surface area contributed by atoms with Gasteiger partial charge in [-0.15, -0.1) is 0 Å². The van der Waals surface area contributed by atoms with Gasteiger partial charge >= 0.3 is 0 Å². The van der Waals surface area contributed by atoms with Crippen LogP contribution in [0.25, 0.3) is 0 Å². The summed E-state index contributed by atoms with van der Waals surface area (Å²) in [5.41, 5.74) is 5.10. The van der Waals surface area contributed by atoms with Crippen LogP contribution in [0, 0.1) is 12.8 Å². The van der Waals surface area contributed by atoms with Gasteiger partial charge in [-0.3, -0.25) is 5.43 Å². The molecule has 17 heavy (non-hydrogen) atoms. The lowest BCUT2D eigenvalue weighted by Crippen LogP contribution is -2.13. The minimum Gasteiger partial charge on any atom is -0.256 e. The molecule has 4 heteroatoms. The Morgan fingerprint density at radius 3 is 2.65 bits per heavy atom. The Morgan fingerprint density at radius 2 is 2.06 bits per heavy atom. The van der Waals surface area contributed by atoms with Crippen LogP contribution in [0.3, 0.4) is 0 Å². The second-order valence-corrected chi connectivity index (χ2v) is 4.84. The van der Waals surface area contributed by atoms with Gasteiger partial charge in [0, 0.05) is 6.21 Å². The van der Waals surface area contributed by atoms with Crippen LogP contribution < -0.4 is 5.43 Å². The molecule has 0 spiro atoms. The summed E-state index contributed by atoms with van der Waals surface area (Å²) in [6, 6.07) is 8.05. The lowest BCUT2D eigenvalue weighted by Gasteiger charge is -2.04. The molecule has 0 saturated heterocycles. The van der Waals surface area contributed by atoms with Crippen molar-refractivity contribution >= 4 is 28.8 Å². The molecule has 1 aromatic carbocycles. The van der Waals surface area contributed by atoms with E-state index in [1.54, 1.807) is 11.8 Å². The number of aryl methyl sites for hydroxylation is 1. The summed E-state index contributed by atoms with van der Waals surface area (Å²) < 4.78 is 0. The number of hydrogen-bond acceptors (Lipinski definition) is 3. The summed E-state index contributed by atoms with van der Waals surface area (Å²) in [5, 5.41) is 4.94. The highest BCUT2D eigenvalue weighted by atomic mass is 32.2. The van der Waals surface area contributed by atoms with E-state index in [9.17, 15) is 0 Å². The molecule has 0 amide bonds. The molecule has 0 aliphatic heterocycles. The SMILES string of the molecule is CSC(=Nc1ccccc1C)N/N=C/C(C)C. The van der Waals surface area contributed by atoms with Crippen LogP contribution in [0.1, 0.15) is 19.4 Å². The van der Waals surface area contributed by atoms with Crippen molar-refractivity contribution in [2.45, 2.75) is 20.8 Å². The van der Waals surface area contributed by atoms with Crippen LogP contribution in [0.4, 0.5) is 5.69 Å². The van der Waals surface area contributed by atoms with E-state index < -0.39 is 0 Å². The molecule has 0 aromatic heterocycles. The molecule has 0 bridgehead atoms. The molecule has 0 heterocycles. The molecule has 0 radical (unpaired) electrons. The van der Waals surface area contributed by atoms with E-state index in [1.807, 2.05) is 43.7 Å². The number of rotatable bonds is 3. The fourth-order valence-corrected chi connectivity index (χ4v) is 1.49. The van der Waals surface area contributed by atoms with Crippen molar-refractivity contribution in [3.8, 4) is 0 Å². The molecule has 0 aliphatic rings. The smallest absolute Gasteiger partial charge is 0.182 e. The first kappa shape index (κ1) is 13.8. The molecule has 0 unspecified atom stereocenters. The average Bonchev–Trinajstić information content (AvgIpc) is 2.30. The normalized spacial score (nSPS) is 12.4. The zero-order valence-electron chi connectivity index (χ0n) is 10.8. The zero-order valence-corrected chi connectivity index (χ0v) is 11.6. The van der Waals surface area contributed by atoms with E-state index >= 15 is 0 Å². The largest absolute Gasteiger partial charge is 0.256 e. The van der Waals surface area contributed by atoms with Gasteiger partial charge in [0.25, 0.3) is 0 Å². The van der Waals surface area contributed by atoms with Gasteiger partial charge in [0.1, 0.15) is 0 Å². The van der Waals surface area contributed by atoms with Gasteiger partial charge in [-0.1, -0.05) is 43.8 Å². The summed E-state index contributed by atoms with van der Waals surface area (Å²) in [5.74, 6) is 0.434. The molecule has 3 nitrogen and oxygen atoms in total. The summed E-state index contributed by atoms with van der Waals surface area (Å²) in [7, 11) is 0. The monoisotopic (exact) mass is 249 g/mol. The number of nitrogens with one attached hydrogen (secondary N) is 1. The number of benzene rings is 1. The molecule has 1 aromatic rings. The third-order valence-corrected chi connectivity index (χ3v) is 2.63. The van der Waals surface area contributed by atoms with Crippen LogP contribution in [0.15, 0.2) is 34.4 Å². The van der Waals surface area contributed by atoms with Crippen molar-refractivity contribution in [3.63, 3.8) is 0 Å². The van der Waals surface area contributed by atoms with E-state index in [2.05, 4.69) is 29.4 Å². The van der Waals surface area contributed by atoms with Crippen LogP contribution >= 0.6 is 11.8 Å². The number of aliphatic imine (C=N–C) groups is 1. The van der Waals surface area contributed by atoms with Crippen molar-refractivity contribution in [3.05, 3.63) is 29.8 Å². The number of hydrazone groups is 1. The van der Waals surface area contributed by atoms with Gasteiger partial charge in [0.2, 0.25) is 0 Å². The van der Waals surface area contributed by atoms with Crippen LogP contribution in [-0.4, -0.2) is 17.6 Å². The number of nitrogens with zero attached hydrogens (tertiary/aromatic N) is 2. The van der Waals surface area contributed by atoms with E-state index in [1.165, 1.54) is 0 Å². The van der Waals surface area contributed by atoms with Gasteiger partial charge < -0.3 is 0 Å². The lowest BCUT2D eigenvalue weighted by molar-refractivity contribution is 0.886. The molecule has 0 atom stereocenters. The molecule has 0 fully saturated rings. The average molecular weight is 249 g/mol. The maximum atomic E-state index is 4.53. The van der Waals surface area contributed by atoms with Gasteiger partial charge in [-0.2, -0.15) is 5.10 Å². The molecular weight excluding hydrogens is 230 g/mol. The highest BCUT2D eigenvalue weighted by Gasteiger charge is 1.98. The quantitative estimate of drug-likeness (QED) is 0.505. The van der Waals surface area contributed by atoms with Crippen molar-refractivity contribution in [1.82, 2.24) is 5.43 Å². The Bertz CT molecular complexity index is 411. The van der Waals surface area contributed by atoms with E-state index in [0.717, 1.165) is 16.4 Å². The van der Waals surface area contributed by atoms with Crippen LogP contribution in [0.2, 0.25) is 0 Å².